The molecule has 0 fully saturated rings. The third-order valence-corrected chi connectivity index (χ3v) is 3.01. The van der Waals surface area contributed by atoms with Gasteiger partial charge in [0.25, 0.3) is 0 Å². The molecule has 0 amide bonds. The first-order chi connectivity index (χ1) is 10.1. The van der Waals surface area contributed by atoms with Crippen LogP contribution in [0.5, 0.6) is 5.75 Å². The molecule has 0 atom stereocenters. The molecule has 0 saturated carbocycles. The lowest BCUT2D eigenvalue weighted by atomic mass is 10.1. The molecule has 0 saturated heterocycles. The smallest absolute Gasteiger partial charge is 0.345 e. The van der Waals surface area contributed by atoms with Gasteiger partial charge in [0.2, 0.25) is 0 Å². The van der Waals surface area contributed by atoms with Crippen LogP contribution in [0.3, 0.4) is 0 Å². The molecule has 2 N–H and O–H groups in total. The average molecular weight is 285 g/mol. The lowest BCUT2D eigenvalue weighted by molar-refractivity contribution is -0.127. The van der Waals surface area contributed by atoms with Crippen molar-refractivity contribution in [2.45, 2.75) is 13.0 Å². The molecule has 1 heterocycles. The Labute approximate surface area is 117 Å². The van der Waals surface area contributed by atoms with Gasteiger partial charge in [-0.2, -0.15) is 8.78 Å². The fourth-order valence-corrected chi connectivity index (χ4v) is 2.01. The Kier molecular flexibility index (Phi) is 4.81. The highest BCUT2D eigenvalue weighted by Crippen LogP contribution is 2.23. The van der Waals surface area contributed by atoms with Gasteiger partial charge in [-0.25, -0.2) is 0 Å². The molecule has 0 unspecified atom stereocenters. The molecule has 0 aliphatic rings. The molecule has 0 radical (unpaired) electrons. The van der Waals surface area contributed by atoms with E-state index in [1.54, 1.807) is 7.11 Å². The summed E-state index contributed by atoms with van der Waals surface area (Å²) in [7, 11) is 1.61. The summed E-state index contributed by atoms with van der Waals surface area (Å²) >= 11 is 0. The normalized spacial score (nSPS) is 12.3. The highest BCUT2D eigenvalue weighted by Gasteiger charge is 2.05. The van der Waals surface area contributed by atoms with Gasteiger partial charge in [0.05, 0.1) is 13.7 Å². The maximum absolute atomic E-state index is 11.8. The molecule has 0 bridgehead atoms. The average Bonchev–Trinajstić information content (AvgIpc) is 2.86. The van der Waals surface area contributed by atoms with E-state index in [4.69, 9.17) is 6.15 Å². The third kappa shape index (κ3) is 3.91. The van der Waals surface area contributed by atoms with Crippen LogP contribution < -0.4 is 10.0 Å². The number of aromatic nitrogens is 1. The van der Waals surface area contributed by atoms with E-state index >= 15 is 0 Å². The van der Waals surface area contributed by atoms with Gasteiger partial charge in [0.15, 0.2) is 0 Å². The number of aromatic amines is 1. The van der Waals surface area contributed by atoms with Gasteiger partial charge in [0, 0.05) is 23.6 Å². The second kappa shape index (κ2) is 7.21. The van der Waals surface area contributed by atoms with Gasteiger partial charge in [0.1, 0.15) is 7.16 Å². The summed E-state index contributed by atoms with van der Waals surface area (Å²) < 4.78 is 40.7. The van der Waals surface area contributed by atoms with Crippen molar-refractivity contribution in [2.75, 3.05) is 26.8 Å². The lowest BCUT2D eigenvalue weighted by Crippen LogP contribution is -2.23. The lowest BCUT2D eigenvalue weighted by Gasteiger charge is -2.05. The highest BCUT2D eigenvalue weighted by atomic mass is 19.3. The minimum Gasteiger partial charge on any atom is -0.497 e. The quantitative estimate of drug-likeness (QED) is 0.783. The summed E-state index contributed by atoms with van der Waals surface area (Å²) in [6.45, 7) is -2.34. The van der Waals surface area contributed by atoms with E-state index in [1.807, 2.05) is 24.4 Å². The maximum atomic E-state index is 11.8. The van der Waals surface area contributed by atoms with E-state index < -0.39 is 6.61 Å². The molecule has 6 heteroatoms. The van der Waals surface area contributed by atoms with Crippen LogP contribution >= 0.6 is 0 Å². The van der Waals surface area contributed by atoms with Crippen LogP contribution in [0.25, 0.3) is 10.9 Å². The monoisotopic (exact) mass is 285 g/mol. The molecule has 2 rings (SSSR count). The standard InChI is InChI=1S/C14H18F2N2O2/c1-19-11-2-3-13-12(8-11)10(9-18-13)4-5-17-6-7-20-14(15)16/h2-3,8-9,14,17-18H,4-7H2,1H3/i/hD. The van der Waals surface area contributed by atoms with Crippen molar-refractivity contribution in [1.29, 1.82) is 0 Å². The summed E-state index contributed by atoms with van der Waals surface area (Å²) in [5, 5.41) is 2.27. The molecular weight excluding hydrogens is 266 g/mol. The first-order valence-electron chi connectivity index (χ1n) is 6.82. The number of methoxy groups -OCH3 is 1. The summed E-state index contributed by atoms with van der Waals surface area (Å²) in [6, 6.07) is 5.75. The van der Waals surface area contributed by atoms with Gasteiger partial charge in [-0.05, 0) is 36.7 Å². The molecule has 1 aromatic carbocycles. The molecular formula is C14H18F2N2O2. The summed E-state index contributed by atoms with van der Waals surface area (Å²) in [6.07, 6.45) is 2.54. The predicted octanol–water partition coefficient (Wildman–Crippen LogP) is 2.55. The molecule has 0 spiro atoms. The topological polar surface area (TPSA) is 46.3 Å². The number of H-pyrrole nitrogens is 1. The summed E-state index contributed by atoms with van der Waals surface area (Å²) in [5.74, 6) is 0.774. The third-order valence-electron chi connectivity index (χ3n) is 3.01. The first kappa shape index (κ1) is 13.3. The van der Waals surface area contributed by atoms with E-state index in [-0.39, 0.29) is 13.2 Å². The fourth-order valence-electron chi connectivity index (χ4n) is 2.01. The van der Waals surface area contributed by atoms with E-state index in [9.17, 15) is 8.78 Å². The highest BCUT2D eigenvalue weighted by molar-refractivity contribution is 5.84. The zero-order chi connectivity index (χ0) is 15.2. The number of nitrogens with one attached hydrogen (secondary N) is 2. The van der Waals surface area contributed by atoms with E-state index in [0.29, 0.717) is 13.0 Å². The Morgan fingerprint density at radius 1 is 1.40 bits per heavy atom. The van der Waals surface area contributed by atoms with Crippen molar-refractivity contribution in [3.63, 3.8) is 0 Å². The van der Waals surface area contributed by atoms with Crippen molar-refractivity contribution < 1.29 is 19.7 Å². The van der Waals surface area contributed by atoms with Crippen LogP contribution in [0.15, 0.2) is 24.4 Å². The van der Waals surface area contributed by atoms with Crippen molar-refractivity contribution >= 4 is 10.9 Å². The molecule has 4 nitrogen and oxygen atoms in total. The Morgan fingerprint density at radius 3 is 3.00 bits per heavy atom. The van der Waals surface area contributed by atoms with Gasteiger partial charge in [-0.1, -0.05) is 0 Å². The Morgan fingerprint density at radius 2 is 2.25 bits per heavy atom. The van der Waals surface area contributed by atoms with Gasteiger partial charge >= 0.3 is 6.61 Å². The first-order valence-corrected chi connectivity index (χ1v) is 6.37. The number of hydrogen-bond donors (Lipinski definition) is 2. The van der Waals surface area contributed by atoms with Crippen molar-refractivity contribution in [2.24, 2.45) is 0 Å². The Bertz CT molecular complexity index is 577. The molecule has 2 aromatic rings. The van der Waals surface area contributed by atoms with E-state index in [1.165, 1.54) is 5.31 Å². The van der Waals surface area contributed by atoms with Crippen LogP contribution in [0.2, 0.25) is 1.41 Å². The SMILES string of the molecule is [2H]N(CCOC(F)F)CCc1c[nH]c2ccc(OC)cc12. The number of alkyl halides is 2. The maximum Gasteiger partial charge on any atom is 0.345 e. The Balaban J connectivity index is 1.91. The number of benzene rings is 1. The number of ether oxygens (including phenoxy) is 2. The number of fused-ring (bicyclic) bond motifs is 1. The second-order valence-electron chi connectivity index (χ2n) is 4.28. The minimum absolute atomic E-state index is 0.149. The number of halogens is 2. The van der Waals surface area contributed by atoms with Gasteiger partial charge in [-0.15, -0.1) is 0 Å². The van der Waals surface area contributed by atoms with Crippen LogP contribution in [-0.4, -0.2) is 38.4 Å². The number of hydrogen-bond acceptors (Lipinski definition) is 3. The minimum atomic E-state index is -2.78. The van der Waals surface area contributed by atoms with Crippen molar-refractivity contribution in [3.8, 4) is 5.75 Å². The zero-order valence-electron chi connectivity index (χ0n) is 12.2. The van der Waals surface area contributed by atoms with Crippen LogP contribution in [0, 0.1) is 0 Å². The number of rotatable bonds is 8. The largest absolute Gasteiger partial charge is 0.497 e. The molecule has 1 aromatic heterocycles. The zero-order valence-corrected chi connectivity index (χ0v) is 11.2. The van der Waals surface area contributed by atoms with Crippen molar-refractivity contribution in [3.05, 3.63) is 30.0 Å². The van der Waals surface area contributed by atoms with Crippen LogP contribution in [0.1, 0.15) is 5.56 Å². The molecule has 0 aliphatic carbocycles. The molecule has 20 heavy (non-hydrogen) atoms. The van der Waals surface area contributed by atoms with E-state index in [2.05, 4.69) is 9.72 Å². The van der Waals surface area contributed by atoms with Crippen LogP contribution in [-0.2, 0) is 11.2 Å². The summed E-state index contributed by atoms with van der Waals surface area (Å²) in [4.78, 5) is 3.16. The fraction of sp³-hybridized carbons (Fsp3) is 0.429. The predicted molar refractivity (Wildman–Crippen MR) is 73.4 cm³/mol. The van der Waals surface area contributed by atoms with Gasteiger partial charge in [-0.3, -0.25) is 0 Å². The van der Waals surface area contributed by atoms with Crippen LogP contribution in [0.4, 0.5) is 8.78 Å². The van der Waals surface area contributed by atoms with Crippen molar-refractivity contribution in [1.82, 2.24) is 10.3 Å². The molecule has 0 aliphatic heterocycles. The second-order valence-corrected chi connectivity index (χ2v) is 4.28. The van der Waals surface area contributed by atoms with E-state index in [0.717, 1.165) is 22.2 Å². The van der Waals surface area contributed by atoms with Gasteiger partial charge < -0.3 is 19.8 Å². The Hall–Kier alpha value is -1.66. The molecule has 110 valence electrons. The summed E-state index contributed by atoms with van der Waals surface area (Å²) in [5.41, 5.74) is 2.07.